The van der Waals surface area contributed by atoms with E-state index in [1.807, 2.05) is 42.5 Å². The maximum absolute atomic E-state index is 12.6. The minimum Gasteiger partial charge on any atom is -0.497 e. The quantitative estimate of drug-likeness (QED) is 0.784. The van der Waals surface area contributed by atoms with Gasteiger partial charge < -0.3 is 4.74 Å². The molecule has 1 amide bonds. The van der Waals surface area contributed by atoms with E-state index >= 15 is 0 Å². The van der Waals surface area contributed by atoms with Crippen LogP contribution in [-0.2, 0) is 4.79 Å². The van der Waals surface area contributed by atoms with E-state index in [1.54, 1.807) is 13.2 Å². The summed E-state index contributed by atoms with van der Waals surface area (Å²) in [6.45, 7) is 0. The molecule has 1 aliphatic carbocycles. The molecular weight excluding hydrogens is 272 g/mol. The van der Waals surface area contributed by atoms with Crippen molar-refractivity contribution < 1.29 is 9.53 Å². The predicted molar refractivity (Wildman–Crippen MR) is 82.3 cm³/mol. The van der Waals surface area contributed by atoms with Crippen LogP contribution in [0, 0.1) is 5.92 Å². The fourth-order valence-corrected chi connectivity index (χ4v) is 2.53. The normalized spacial score (nSPS) is 20.8. The van der Waals surface area contributed by atoms with Crippen molar-refractivity contribution >= 4 is 34.6 Å². The molecule has 0 N–H and O–H groups in total. The van der Waals surface area contributed by atoms with Gasteiger partial charge in [-0.05, 0) is 30.4 Å². The first-order chi connectivity index (χ1) is 9.70. The Morgan fingerprint density at radius 3 is 3.00 bits per heavy atom. The van der Waals surface area contributed by atoms with Crippen LogP contribution in [0.1, 0.15) is 0 Å². The van der Waals surface area contributed by atoms with Crippen LogP contribution in [0.3, 0.4) is 0 Å². The molecule has 0 aromatic heterocycles. The highest BCUT2D eigenvalue weighted by atomic mass is 32.1. The van der Waals surface area contributed by atoms with Crippen molar-refractivity contribution in [2.24, 2.45) is 10.9 Å². The number of fused-ring (bicyclic) bond motifs is 1. The molecule has 0 saturated carbocycles. The van der Waals surface area contributed by atoms with Crippen LogP contribution < -0.4 is 9.64 Å². The van der Waals surface area contributed by atoms with Crippen LogP contribution in [0.5, 0.6) is 5.75 Å². The number of allylic oxidation sites excluding steroid dienone is 3. The zero-order chi connectivity index (χ0) is 14.1. The van der Waals surface area contributed by atoms with Crippen LogP contribution >= 0.6 is 12.2 Å². The van der Waals surface area contributed by atoms with Gasteiger partial charge in [0.05, 0.1) is 24.4 Å². The van der Waals surface area contributed by atoms with Gasteiger partial charge in [0.2, 0.25) is 11.0 Å². The Kier molecular flexibility index (Phi) is 3.20. The average molecular weight is 284 g/mol. The first-order valence-electron chi connectivity index (χ1n) is 6.16. The monoisotopic (exact) mass is 284 g/mol. The molecule has 4 nitrogen and oxygen atoms in total. The zero-order valence-electron chi connectivity index (χ0n) is 10.8. The number of aliphatic imine (C=N–C) groups is 1. The van der Waals surface area contributed by atoms with Crippen LogP contribution in [0.4, 0.5) is 5.69 Å². The second kappa shape index (κ2) is 5.02. The van der Waals surface area contributed by atoms with Gasteiger partial charge in [-0.3, -0.25) is 9.69 Å². The summed E-state index contributed by atoms with van der Waals surface area (Å²) in [6, 6.07) is 7.22. The molecule has 0 fully saturated rings. The summed E-state index contributed by atoms with van der Waals surface area (Å²) in [5.74, 6) is 0.221. The maximum atomic E-state index is 12.6. The summed E-state index contributed by atoms with van der Waals surface area (Å²) in [5, 5.41) is 0.259. The average Bonchev–Trinajstić information content (AvgIpc) is 2.47. The van der Waals surface area contributed by atoms with Gasteiger partial charge in [-0.15, -0.1) is 0 Å². The topological polar surface area (TPSA) is 41.9 Å². The van der Waals surface area contributed by atoms with Crippen molar-refractivity contribution in [2.75, 3.05) is 12.0 Å². The maximum Gasteiger partial charge on any atom is 0.246 e. The van der Waals surface area contributed by atoms with Crippen LogP contribution in [0.25, 0.3) is 0 Å². The Morgan fingerprint density at radius 1 is 1.35 bits per heavy atom. The Morgan fingerprint density at radius 2 is 2.20 bits per heavy atom. The van der Waals surface area contributed by atoms with E-state index in [0.717, 1.165) is 0 Å². The minimum absolute atomic E-state index is 0.0890. The van der Waals surface area contributed by atoms with Gasteiger partial charge in [0.25, 0.3) is 0 Å². The molecule has 1 heterocycles. The largest absolute Gasteiger partial charge is 0.497 e. The van der Waals surface area contributed by atoms with E-state index in [0.29, 0.717) is 17.1 Å². The molecule has 100 valence electrons. The van der Waals surface area contributed by atoms with Gasteiger partial charge in [-0.1, -0.05) is 24.3 Å². The van der Waals surface area contributed by atoms with Gasteiger partial charge in [-0.25, -0.2) is 4.99 Å². The summed E-state index contributed by atoms with van der Waals surface area (Å²) in [5.41, 5.74) is 1.37. The van der Waals surface area contributed by atoms with Gasteiger partial charge in [0.1, 0.15) is 5.75 Å². The van der Waals surface area contributed by atoms with E-state index < -0.39 is 0 Å². The molecule has 3 rings (SSSR count). The van der Waals surface area contributed by atoms with E-state index in [1.165, 1.54) is 4.90 Å². The lowest BCUT2D eigenvalue weighted by atomic mass is 9.95. The fourth-order valence-electron chi connectivity index (χ4n) is 2.23. The predicted octanol–water partition coefficient (Wildman–Crippen LogP) is 2.51. The van der Waals surface area contributed by atoms with Gasteiger partial charge in [-0.2, -0.15) is 0 Å². The van der Waals surface area contributed by atoms with Gasteiger partial charge >= 0.3 is 0 Å². The first kappa shape index (κ1) is 12.7. The summed E-state index contributed by atoms with van der Waals surface area (Å²) in [7, 11) is 1.58. The molecular formula is C15H12N2O2S. The minimum atomic E-state index is -0.363. The van der Waals surface area contributed by atoms with E-state index in [9.17, 15) is 4.79 Å². The number of hydrogen-bond acceptors (Lipinski definition) is 3. The number of nitrogens with zero attached hydrogens (tertiary/aromatic N) is 2. The molecule has 0 saturated heterocycles. The highest BCUT2D eigenvalue weighted by Crippen LogP contribution is 2.27. The number of benzene rings is 1. The van der Waals surface area contributed by atoms with Gasteiger partial charge in [0, 0.05) is 6.07 Å². The Balaban J connectivity index is 2.03. The van der Waals surface area contributed by atoms with Crippen molar-refractivity contribution in [3.63, 3.8) is 0 Å². The van der Waals surface area contributed by atoms with Crippen molar-refractivity contribution in [1.29, 1.82) is 0 Å². The van der Waals surface area contributed by atoms with Crippen molar-refractivity contribution in [2.45, 2.75) is 0 Å². The highest BCUT2D eigenvalue weighted by Gasteiger charge is 2.34. The van der Waals surface area contributed by atoms with Crippen LogP contribution in [-0.4, -0.2) is 23.8 Å². The molecule has 1 unspecified atom stereocenters. The Hall–Kier alpha value is -2.27. The number of hydrogen-bond donors (Lipinski definition) is 0. The van der Waals surface area contributed by atoms with Gasteiger partial charge in [0.15, 0.2) is 0 Å². The molecule has 1 aliphatic heterocycles. The van der Waals surface area contributed by atoms with Crippen molar-refractivity contribution in [3.05, 3.63) is 48.6 Å². The van der Waals surface area contributed by atoms with Crippen molar-refractivity contribution in [3.8, 4) is 5.75 Å². The first-order valence-corrected chi connectivity index (χ1v) is 6.57. The molecule has 2 aliphatic rings. The summed E-state index contributed by atoms with van der Waals surface area (Å²) < 4.78 is 5.18. The summed E-state index contributed by atoms with van der Waals surface area (Å²) in [6.07, 6.45) is 7.35. The number of ether oxygens (including phenoxy) is 1. The number of anilines is 1. The number of carbonyl (C=O) groups excluding carboxylic acids is 1. The lowest BCUT2D eigenvalue weighted by molar-refractivity contribution is -0.118. The van der Waals surface area contributed by atoms with E-state index in [4.69, 9.17) is 17.0 Å². The third-order valence-electron chi connectivity index (χ3n) is 3.21. The standard InChI is InChI=1S/C15H12N2O2S/c1-19-11-6-4-5-10(9-11)17-14(18)12-7-2-3-8-13(12)16-15(17)20/h2-9,12H,1H3. The van der Waals surface area contributed by atoms with E-state index in [2.05, 4.69) is 4.99 Å². The second-order valence-corrected chi connectivity index (χ2v) is 4.78. The molecule has 0 radical (unpaired) electrons. The molecule has 20 heavy (non-hydrogen) atoms. The molecule has 0 bridgehead atoms. The summed E-state index contributed by atoms with van der Waals surface area (Å²) in [4.78, 5) is 18.4. The lowest BCUT2D eigenvalue weighted by Gasteiger charge is -2.30. The Bertz CT molecular complexity index is 676. The number of carbonyl (C=O) groups is 1. The fraction of sp³-hybridized carbons (Fsp3) is 0.133. The Labute approximate surface area is 122 Å². The third kappa shape index (κ3) is 2.06. The highest BCUT2D eigenvalue weighted by molar-refractivity contribution is 7.80. The molecule has 5 heteroatoms. The molecule has 1 aromatic rings. The lowest BCUT2D eigenvalue weighted by Crippen LogP contribution is -2.46. The number of amides is 1. The molecule has 1 atom stereocenters. The molecule has 0 spiro atoms. The third-order valence-corrected chi connectivity index (χ3v) is 3.49. The smallest absolute Gasteiger partial charge is 0.246 e. The SMILES string of the molecule is COc1cccc(N2C(=O)C3C=CC=CC3=NC2=S)c1. The van der Waals surface area contributed by atoms with Crippen molar-refractivity contribution in [1.82, 2.24) is 0 Å². The number of thiocarbonyl (C=S) groups is 1. The van der Waals surface area contributed by atoms with Crippen LogP contribution in [0.15, 0.2) is 53.6 Å². The second-order valence-electron chi connectivity index (χ2n) is 4.42. The zero-order valence-corrected chi connectivity index (χ0v) is 11.6. The van der Waals surface area contributed by atoms with Crippen LogP contribution in [0.2, 0.25) is 0 Å². The number of rotatable bonds is 2. The van der Waals surface area contributed by atoms with E-state index in [-0.39, 0.29) is 16.9 Å². The molecule has 1 aromatic carbocycles. The summed E-state index contributed by atoms with van der Waals surface area (Å²) >= 11 is 5.25. The number of methoxy groups -OCH3 is 1.